The largest absolute Gasteiger partial charge is 0.454 e. The third-order valence-electron chi connectivity index (χ3n) is 4.88. The van der Waals surface area contributed by atoms with Gasteiger partial charge in [-0.05, 0) is 35.8 Å². The molecule has 0 radical (unpaired) electrons. The second kappa shape index (κ2) is 6.89. The van der Waals surface area contributed by atoms with Gasteiger partial charge >= 0.3 is 0 Å². The van der Waals surface area contributed by atoms with Crippen molar-refractivity contribution in [3.8, 4) is 23.0 Å². The average Bonchev–Trinajstić information content (AvgIpc) is 3.38. The van der Waals surface area contributed by atoms with Crippen LogP contribution >= 0.6 is 0 Å². The van der Waals surface area contributed by atoms with Crippen LogP contribution in [0.4, 0.5) is 0 Å². The van der Waals surface area contributed by atoms with E-state index in [4.69, 9.17) is 13.9 Å². The van der Waals surface area contributed by atoms with Gasteiger partial charge in [0.1, 0.15) is 0 Å². The minimum absolute atomic E-state index is 0.251. The summed E-state index contributed by atoms with van der Waals surface area (Å²) in [5.74, 6) is 2.58. The van der Waals surface area contributed by atoms with Gasteiger partial charge in [0.05, 0.1) is 6.54 Å². The SMILES string of the molecule is C1=C(c2ccccc2)CCN(Cc2nnc(-c3ccc4c(c3)OCO4)o2)C1. The topological polar surface area (TPSA) is 60.6 Å². The number of hydrogen-bond donors (Lipinski definition) is 0. The molecule has 2 aromatic carbocycles. The van der Waals surface area contributed by atoms with Gasteiger partial charge in [-0.25, -0.2) is 0 Å². The van der Waals surface area contributed by atoms with Crippen LogP contribution in [0.15, 0.2) is 59.0 Å². The summed E-state index contributed by atoms with van der Waals surface area (Å²) in [6, 6.07) is 16.2. The highest BCUT2D eigenvalue weighted by molar-refractivity contribution is 5.66. The maximum absolute atomic E-state index is 5.86. The van der Waals surface area contributed by atoms with Gasteiger partial charge in [0, 0.05) is 18.7 Å². The first-order chi connectivity index (χ1) is 13.3. The van der Waals surface area contributed by atoms with Crippen LogP contribution in [0.2, 0.25) is 0 Å². The molecule has 0 spiro atoms. The Morgan fingerprint density at radius 3 is 2.67 bits per heavy atom. The number of rotatable bonds is 4. The number of aromatic nitrogens is 2. The highest BCUT2D eigenvalue weighted by Crippen LogP contribution is 2.35. The molecule has 27 heavy (non-hydrogen) atoms. The molecule has 2 aliphatic heterocycles. The quantitative estimate of drug-likeness (QED) is 0.705. The van der Waals surface area contributed by atoms with Gasteiger partial charge < -0.3 is 13.9 Å². The molecule has 6 nitrogen and oxygen atoms in total. The Balaban J connectivity index is 1.26. The fourth-order valence-electron chi connectivity index (χ4n) is 3.42. The first kappa shape index (κ1) is 16.1. The molecule has 3 aromatic rings. The molecule has 1 aromatic heterocycles. The van der Waals surface area contributed by atoms with Crippen LogP contribution < -0.4 is 9.47 Å². The zero-order valence-corrected chi connectivity index (χ0v) is 14.8. The first-order valence-corrected chi connectivity index (χ1v) is 9.04. The van der Waals surface area contributed by atoms with E-state index >= 15 is 0 Å². The smallest absolute Gasteiger partial charge is 0.247 e. The number of benzene rings is 2. The predicted molar refractivity (Wildman–Crippen MR) is 100 cm³/mol. The van der Waals surface area contributed by atoms with E-state index in [1.807, 2.05) is 24.3 Å². The number of fused-ring (bicyclic) bond motifs is 1. The summed E-state index contributed by atoms with van der Waals surface area (Å²) in [5, 5.41) is 8.39. The lowest BCUT2D eigenvalue weighted by Gasteiger charge is -2.25. The Morgan fingerprint density at radius 1 is 0.926 bits per heavy atom. The number of hydrogen-bond acceptors (Lipinski definition) is 6. The van der Waals surface area contributed by atoms with Crippen LogP contribution in [0, 0.1) is 0 Å². The summed E-state index contributed by atoms with van der Waals surface area (Å²) in [6.07, 6.45) is 3.31. The molecule has 0 saturated carbocycles. The monoisotopic (exact) mass is 361 g/mol. The van der Waals surface area contributed by atoms with Gasteiger partial charge in [0.2, 0.25) is 18.6 Å². The van der Waals surface area contributed by atoms with E-state index in [-0.39, 0.29) is 6.79 Å². The van der Waals surface area contributed by atoms with Crippen molar-refractivity contribution in [2.24, 2.45) is 0 Å². The minimum Gasteiger partial charge on any atom is -0.454 e. The van der Waals surface area contributed by atoms with Crippen molar-refractivity contribution >= 4 is 5.57 Å². The molecular weight excluding hydrogens is 342 g/mol. The fourth-order valence-corrected chi connectivity index (χ4v) is 3.42. The van der Waals surface area contributed by atoms with Gasteiger partial charge in [0.15, 0.2) is 11.5 Å². The van der Waals surface area contributed by atoms with E-state index in [9.17, 15) is 0 Å². The van der Waals surface area contributed by atoms with E-state index in [0.717, 1.165) is 30.8 Å². The van der Waals surface area contributed by atoms with Crippen LogP contribution in [0.25, 0.3) is 17.0 Å². The maximum Gasteiger partial charge on any atom is 0.247 e. The Labute approximate surface area is 157 Å². The molecule has 0 bridgehead atoms. The molecule has 3 heterocycles. The molecule has 0 atom stereocenters. The second-order valence-corrected chi connectivity index (χ2v) is 6.65. The average molecular weight is 361 g/mol. The Bertz CT molecular complexity index is 981. The fraction of sp³-hybridized carbons (Fsp3) is 0.238. The van der Waals surface area contributed by atoms with Gasteiger partial charge in [-0.3, -0.25) is 4.90 Å². The summed E-state index contributed by atoms with van der Waals surface area (Å²) < 4.78 is 16.6. The van der Waals surface area contributed by atoms with E-state index < -0.39 is 0 Å². The Kier molecular flexibility index (Phi) is 4.10. The van der Waals surface area contributed by atoms with Crippen molar-refractivity contribution in [2.75, 3.05) is 19.9 Å². The summed E-state index contributed by atoms with van der Waals surface area (Å²) in [7, 11) is 0. The van der Waals surface area contributed by atoms with Crippen molar-refractivity contribution in [1.29, 1.82) is 0 Å². The molecule has 2 aliphatic rings. The van der Waals surface area contributed by atoms with E-state index in [2.05, 4.69) is 45.4 Å². The van der Waals surface area contributed by atoms with Crippen molar-refractivity contribution in [1.82, 2.24) is 15.1 Å². The molecule has 0 fully saturated rings. The third kappa shape index (κ3) is 3.31. The lowest BCUT2D eigenvalue weighted by atomic mass is 10.00. The molecule has 0 unspecified atom stereocenters. The highest BCUT2D eigenvalue weighted by Gasteiger charge is 2.19. The van der Waals surface area contributed by atoms with Crippen molar-refractivity contribution in [2.45, 2.75) is 13.0 Å². The van der Waals surface area contributed by atoms with Crippen LogP contribution in [0.5, 0.6) is 11.5 Å². The molecule has 0 N–H and O–H groups in total. The van der Waals surface area contributed by atoms with Crippen molar-refractivity contribution in [3.63, 3.8) is 0 Å². The highest BCUT2D eigenvalue weighted by atomic mass is 16.7. The lowest BCUT2D eigenvalue weighted by Crippen LogP contribution is -2.28. The molecule has 6 heteroatoms. The number of ether oxygens (including phenoxy) is 2. The van der Waals surface area contributed by atoms with Gasteiger partial charge in [0.25, 0.3) is 0 Å². The van der Waals surface area contributed by atoms with E-state index in [0.29, 0.717) is 24.1 Å². The molecule has 0 saturated heterocycles. The van der Waals surface area contributed by atoms with Gasteiger partial charge in [-0.1, -0.05) is 36.4 Å². The minimum atomic E-state index is 0.251. The van der Waals surface area contributed by atoms with Crippen molar-refractivity contribution < 1.29 is 13.9 Å². The molecule has 5 rings (SSSR count). The van der Waals surface area contributed by atoms with Crippen LogP contribution in [0.1, 0.15) is 17.9 Å². The second-order valence-electron chi connectivity index (χ2n) is 6.65. The molecular formula is C21H19N3O3. The zero-order valence-electron chi connectivity index (χ0n) is 14.8. The van der Waals surface area contributed by atoms with Gasteiger partial charge in [-0.15, -0.1) is 10.2 Å². The summed E-state index contributed by atoms with van der Waals surface area (Å²) in [6.45, 7) is 2.76. The predicted octanol–water partition coefficient (Wildman–Crippen LogP) is 3.75. The summed E-state index contributed by atoms with van der Waals surface area (Å²) in [4.78, 5) is 2.31. The normalized spacial score (nSPS) is 16.4. The first-order valence-electron chi connectivity index (χ1n) is 9.04. The Hall–Kier alpha value is -3.12. The lowest BCUT2D eigenvalue weighted by molar-refractivity contribution is 0.174. The van der Waals surface area contributed by atoms with Gasteiger partial charge in [-0.2, -0.15) is 0 Å². The van der Waals surface area contributed by atoms with Crippen LogP contribution in [0.3, 0.4) is 0 Å². The standard InChI is InChI=1S/C21H19N3O3/c1-2-4-15(5-3-1)16-8-10-24(11-9-16)13-20-22-23-21(27-20)17-6-7-18-19(12-17)26-14-25-18/h1-8,12H,9-11,13-14H2. The summed E-state index contributed by atoms with van der Waals surface area (Å²) in [5.41, 5.74) is 3.54. The molecule has 0 aliphatic carbocycles. The van der Waals surface area contributed by atoms with E-state index in [1.54, 1.807) is 0 Å². The van der Waals surface area contributed by atoms with E-state index in [1.165, 1.54) is 11.1 Å². The zero-order chi connectivity index (χ0) is 18.1. The maximum atomic E-state index is 5.86. The molecule has 0 amide bonds. The summed E-state index contributed by atoms with van der Waals surface area (Å²) >= 11 is 0. The third-order valence-corrected chi connectivity index (χ3v) is 4.88. The number of nitrogens with zero attached hydrogens (tertiary/aromatic N) is 3. The van der Waals surface area contributed by atoms with Crippen LogP contribution in [-0.2, 0) is 6.54 Å². The van der Waals surface area contributed by atoms with Crippen LogP contribution in [-0.4, -0.2) is 35.0 Å². The Morgan fingerprint density at radius 2 is 1.81 bits per heavy atom. The van der Waals surface area contributed by atoms with Crippen molar-refractivity contribution in [3.05, 3.63) is 66.1 Å². The molecule has 136 valence electrons.